The maximum Gasteiger partial charge on any atom is 0.216 e. The molecule has 6 heteroatoms. The molecule has 0 saturated heterocycles. The second kappa shape index (κ2) is 13.0. The summed E-state index contributed by atoms with van der Waals surface area (Å²) in [4.78, 5) is 14.6. The molecular formula is C39H37IrN3OS-2. The third-order valence-corrected chi connectivity index (χ3v) is 8.64. The number of hydrogen-bond acceptors (Lipinski definition) is 5. The van der Waals surface area contributed by atoms with Crippen molar-refractivity contribution < 1.29 is 27.3 Å². The van der Waals surface area contributed by atoms with E-state index < -0.39 is 11.8 Å². The zero-order valence-electron chi connectivity index (χ0n) is 28.8. The molecule has 0 aliphatic heterocycles. The van der Waals surface area contributed by atoms with Crippen molar-refractivity contribution >= 4 is 43.5 Å². The smallest absolute Gasteiger partial charge is 0.216 e. The van der Waals surface area contributed by atoms with Crippen molar-refractivity contribution in [3.8, 4) is 22.5 Å². The minimum atomic E-state index is -1.53. The number of thiophene rings is 1. The van der Waals surface area contributed by atoms with Crippen LogP contribution in [0, 0.1) is 52.2 Å². The van der Waals surface area contributed by atoms with Gasteiger partial charge in [0.1, 0.15) is 0 Å². The molecule has 5 heterocycles. The summed E-state index contributed by atoms with van der Waals surface area (Å²) < 4.78 is 25.2. The van der Waals surface area contributed by atoms with Gasteiger partial charge in [-0.3, -0.25) is 0 Å². The summed E-state index contributed by atoms with van der Waals surface area (Å²) in [6.07, 6.45) is 2.16. The largest absolute Gasteiger partial charge is 0.486 e. The van der Waals surface area contributed by atoms with Crippen LogP contribution in [-0.4, -0.2) is 15.0 Å². The molecule has 5 aromatic heterocycles. The fourth-order valence-corrected chi connectivity index (χ4v) is 6.22. The first-order valence-corrected chi connectivity index (χ1v) is 15.6. The quantitative estimate of drug-likeness (QED) is 0.167. The Bertz CT molecular complexity index is 2230. The van der Waals surface area contributed by atoms with Gasteiger partial charge >= 0.3 is 0 Å². The molecular weight excluding hydrogens is 751 g/mol. The number of fused-ring (bicyclic) bond motifs is 4. The molecule has 0 fully saturated rings. The summed E-state index contributed by atoms with van der Waals surface area (Å²) in [5.41, 5.74) is 9.52. The third-order valence-electron chi connectivity index (χ3n) is 7.57. The van der Waals surface area contributed by atoms with Crippen LogP contribution in [0.2, 0.25) is 0 Å². The second-order valence-electron chi connectivity index (χ2n) is 12.4. The Morgan fingerprint density at radius 1 is 0.911 bits per heavy atom. The van der Waals surface area contributed by atoms with Crippen LogP contribution in [-0.2, 0) is 26.5 Å². The maximum atomic E-state index is 8.99. The summed E-state index contributed by atoms with van der Waals surface area (Å²) in [6.45, 7) is 16.0. The number of rotatable bonds is 3. The first-order chi connectivity index (χ1) is 21.8. The van der Waals surface area contributed by atoms with Crippen molar-refractivity contribution in [1.29, 1.82) is 0 Å². The third kappa shape index (κ3) is 6.79. The van der Waals surface area contributed by atoms with Crippen molar-refractivity contribution in [2.45, 2.75) is 61.8 Å². The molecule has 0 saturated carbocycles. The summed E-state index contributed by atoms with van der Waals surface area (Å²) >= 11 is 1.61. The van der Waals surface area contributed by atoms with Crippen LogP contribution in [0.1, 0.15) is 56.3 Å². The minimum absolute atomic E-state index is 0. The number of pyridine rings is 3. The molecule has 0 atom stereocenters. The number of aromatic nitrogens is 3. The van der Waals surface area contributed by atoms with Gasteiger partial charge in [0.15, 0.2) is 0 Å². The zero-order valence-corrected chi connectivity index (χ0v) is 30.1. The number of furan rings is 1. The van der Waals surface area contributed by atoms with Crippen molar-refractivity contribution in [1.82, 2.24) is 15.0 Å². The molecule has 0 aliphatic rings. The maximum absolute atomic E-state index is 8.99. The van der Waals surface area contributed by atoms with E-state index >= 15 is 0 Å². The zero-order chi connectivity index (χ0) is 33.0. The van der Waals surface area contributed by atoms with Gasteiger partial charge in [0, 0.05) is 61.6 Å². The summed E-state index contributed by atoms with van der Waals surface area (Å²) in [5, 5.41) is 2.76. The van der Waals surface area contributed by atoms with Crippen molar-refractivity contribution in [2.24, 2.45) is 5.41 Å². The SMILES string of the molecule is Cc1c[c-]c(-c2cc(C)c(C)cn2)cc1.[2H]C([2H])(c1c(C)sc2ccnc(-c3[c-]ccc4c3oc3nc(C)ccc34)c12)C(C)(C)C.[Ir]. The molecule has 4 nitrogen and oxygen atoms in total. The number of hydrogen-bond donors (Lipinski definition) is 0. The number of nitrogens with zero attached hydrogens (tertiary/aromatic N) is 3. The van der Waals surface area contributed by atoms with E-state index in [1.54, 1.807) is 17.5 Å². The molecule has 2 aromatic carbocycles. The van der Waals surface area contributed by atoms with Gasteiger partial charge in [0.05, 0.1) is 5.58 Å². The Morgan fingerprint density at radius 2 is 1.71 bits per heavy atom. The van der Waals surface area contributed by atoms with E-state index in [2.05, 4.69) is 61.1 Å². The molecule has 0 spiro atoms. The summed E-state index contributed by atoms with van der Waals surface area (Å²) in [5.74, 6) is 0. The predicted octanol–water partition coefficient (Wildman–Crippen LogP) is 10.7. The fourth-order valence-electron chi connectivity index (χ4n) is 5.20. The van der Waals surface area contributed by atoms with Gasteiger partial charge < -0.3 is 14.4 Å². The normalized spacial score (nSPS) is 12.4. The molecule has 1 radical (unpaired) electrons. The molecule has 231 valence electrons. The van der Waals surface area contributed by atoms with Gasteiger partial charge in [-0.15, -0.1) is 64.9 Å². The van der Waals surface area contributed by atoms with Gasteiger partial charge in [-0.05, 0) is 79.9 Å². The standard InChI is InChI=1S/C25H23N2OS.C14H14N.Ir/c1-14-9-10-17-16-7-6-8-18(23(16)28-24(17)27-14)22-21-19(13-25(3,4)5)15(2)29-20(21)11-12-26-22;1-10-4-6-13(7-5-10)14-8-11(2)12(3)9-15-14;/h6-7,9-12H,13H2,1-5H3;4-6,8-9H,1-3H3;/q2*-1;/i13D2;;. The van der Waals surface area contributed by atoms with E-state index in [9.17, 15) is 0 Å². The van der Waals surface area contributed by atoms with Gasteiger partial charge in [-0.2, -0.15) is 0 Å². The second-order valence-corrected chi connectivity index (χ2v) is 13.6. The molecule has 0 amide bonds. The average Bonchev–Trinajstić information content (AvgIpc) is 3.55. The monoisotopic (exact) mass is 790 g/mol. The Balaban J connectivity index is 0.000000228. The van der Waals surface area contributed by atoms with Crippen LogP contribution in [0.15, 0.2) is 71.4 Å². The van der Waals surface area contributed by atoms with Crippen LogP contribution in [0.25, 0.3) is 54.7 Å². The van der Waals surface area contributed by atoms with E-state index in [0.29, 0.717) is 22.6 Å². The van der Waals surface area contributed by atoms with Crippen LogP contribution in [0.3, 0.4) is 0 Å². The van der Waals surface area contributed by atoms with Crippen molar-refractivity contribution in [3.05, 3.63) is 112 Å². The number of benzene rings is 2. The van der Waals surface area contributed by atoms with E-state index in [1.807, 2.05) is 77.2 Å². The molecule has 7 aromatic rings. The minimum Gasteiger partial charge on any atom is -0.486 e. The first kappa shape index (κ1) is 30.0. The Kier molecular flexibility index (Phi) is 8.63. The van der Waals surface area contributed by atoms with Crippen LogP contribution < -0.4 is 0 Å². The van der Waals surface area contributed by atoms with Gasteiger partial charge in [0.2, 0.25) is 5.71 Å². The van der Waals surface area contributed by atoms with Crippen LogP contribution in [0.5, 0.6) is 0 Å². The van der Waals surface area contributed by atoms with Crippen LogP contribution in [0.4, 0.5) is 0 Å². The average molecular weight is 790 g/mol. The van der Waals surface area contributed by atoms with Gasteiger partial charge in [-0.25, -0.2) is 4.98 Å². The molecule has 0 N–H and O–H groups in total. The first-order valence-electron chi connectivity index (χ1n) is 15.8. The van der Waals surface area contributed by atoms with Gasteiger partial charge in [0.25, 0.3) is 0 Å². The summed E-state index contributed by atoms with van der Waals surface area (Å²) in [7, 11) is 0. The topological polar surface area (TPSA) is 51.8 Å². The number of aryl methyl sites for hydroxylation is 5. The van der Waals surface area contributed by atoms with E-state index in [-0.39, 0.29) is 20.1 Å². The fraction of sp³-hybridized carbons (Fsp3) is 0.256. The van der Waals surface area contributed by atoms with Crippen LogP contribution >= 0.6 is 11.3 Å². The summed E-state index contributed by atoms with van der Waals surface area (Å²) in [6, 6.07) is 24.6. The Hall–Kier alpha value is -3.70. The molecule has 45 heavy (non-hydrogen) atoms. The molecule has 0 unspecified atom stereocenters. The molecule has 0 aliphatic carbocycles. The van der Waals surface area contributed by atoms with Gasteiger partial charge in [-0.1, -0.05) is 50.3 Å². The van der Waals surface area contributed by atoms with E-state index in [4.69, 9.17) is 12.1 Å². The Labute approximate surface area is 286 Å². The van der Waals surface area contributed by atoms with Crippen molar-refractivity contribution in [2.75, 3.05) is 0 Å². The van der Waals surface area contributed by atoms with E-state index in [1.165, 1.54) is 16.7 Å². The van der Waals surface area contributed by atoms with E-state index in [0.717, 1.165) is 48.3 Å². The Morgan fingerprint density at radius 3 is 2.42 bits per heavy atom. The predicted molar refractivity (Wildman–Crippen MR) is 184 cm³/mol. The van der Waals surface area contributed by atoms with Crippen molar-refractivity contribution in [3.63, 3.8) is 0 Å². The molecule has 0 bridgehead atoms. The molecule has 7 rings (SSSR count).